The molecular weight excluding hydrogens is 352 g/mol. The van der Waals surface area contributed by atoms with E-state index < -0.39 is 0 Å². The van der Waals surface area contributed by atoms with Crippen molar-refractivity contribution < 1.29 is 4.74 Å². The van der Waals surface area contributed by atoms with Crippen LogP contribution < -0.4 is 10.1 Å². The van der Waals surface area contributed by atoms with E-state index in [1.54, 1.807) is 0 Å². The zero-order chi connectivity index (χ0) is 19.1. The highest BCUT2D eigenvalue weighted by Gasteiger charge is 2.50. The number of hydrogen-bond acceptors (Lipinski definition) is 2. The first-order valence-electron chi connectivity index (χ1n) is 9.73. The van der Waals surface area contributed by atoms with Crippen LogP contribution in [-0.4, -0.2) is 22.6 Å². The third-order valence-electron chi connectivity index (χ3n) is 5.76. The van der Waals surface area contributed by atoms with Crippen LogP contribution in [0.25, 0.3) is 0 Å². The molecule has 2 aromatic carbocycles. The number of para-hydroxylation sites is 1. The van der Waals surface area contributed by atoms with Gasteiger partial charge in [-0.2, -0.15) is 0 Å². The first kappa shape index (κ1) is 18.3. The minimum atomic E-state index is 0.380. The van der Waals surface area contributed by atoms with Gasteiger partial charge in [-0.3, -0.25) is 0 Å². The number of ether oxygens (including phenoxy) is 1. The Hall–Kier alpha value is -2.07. The fourth-order valence-corrected chi connectivity index (χ4v) is 5.46. The lowest BCUT2D eigenvalue weighted by Crippen LogP contribution is -2.39. The SMILES string of the molecule is CC1(C)C[C@@H]2C[C@](C)(CN2C(=S)Nc2ccc(Oc3ccccc3)cc2)C1. The fourth-order valence-electron chi connectivity index (χ4n) is 5.12. The van der Waals surface area contributed by atoms with Crippen LogP contribution in [0.2, 0.25) is 0 Å². The monoisotopic (exact) mass is 380 g/mol. The van der Waals surface area contributed by atoms with Crippen molar-refractivity contribution in [3.8, 4) is 11.5 Å². The van der Waals surface area contributed by atoms with Gasteiger partial charge < -0.3 is 15.0 Å². The highest BCUT2D eigenvalue weighted by Crippen LogP contribution is 2.52. The number of anilines is 1. The summed E-state index contributed by atoms with van der Waals surface area (Å²) in [5, 5.41) is 4.28. The van der Waals surface area contributed by atoms with Crippen molar-refractivity contribution in [3.05, 3.63) is 54.6 Å². The molecule has 2 aliphatic rings. The lowest BCUT2D eigenvalue weighted by Gasteiger charge is -2.39. The summed E-state index contributed by atoms with van der Waals surface area (Å²) in [6.45, 7) is 8.26. The number of hydrogen-bond donors (Lipinski definition) is 1. The van der Waals surface area contributed by atoms with Gasteiger partial charge in [0.1, 0.15) is 11.5 Å². The van der Waals surface area contributed by atoms with Crippen molar-refractivity contribution in [1.29, 1.82) is 0 Å². The van der Waals surface area contributed by atoms with Crippen LogP contribution >= 0.6 is 12.2 Å². The summed E-state index contributed by atoms with van der Waals surface area (Å²) in [7, 11) is 0. The maximum absolute atomic E-state index is 5.86. The quantitative estimate of drug-likeness (QED) is 0.653. The molecular formula is C23H28N2OS. The van der Waals surface area contributed by atoms with E-state index in [1.807, 2.05) is 54.6 Å². The molecule has 2 atom stereocenters. The molecule has 2 bridgehead atoms. The first-order chi connectivity index (χ1) is 12.8. The summed E-state index contributed by atoms with van der Waals surface area (Å²) < 4.78 is 5.86. The molecule has 2 fully saturated rings. The Morgan fingerprint density at radius 3 is 2.37 bits per heavy atom. The molecule has 1 aliphatic heterocycles. The topological polar surface area (TPSA) is 24.5 Å². The van der Waals surface area contributed by atoms with Crippen LogP contribution in [0.5, 0.6) is 11.5 Å². The van der Waals surface area contributed by atoms with E-state index >= 15 is 0 Å². The standard InChI is InChI=1S/C23H28N2OS/c1-22(2)13-18-14-23(3,15-22)16-25(18)21(27)24-17-9-11-20(12-10-17)26-19-7-5-4-6-8-19/h4-12,18H,13-16H2,1-3H3,(H,24,27)/t18-,23+/m1/s1. The Bertz CT molecular complexity index is 818. The van der Waals surface area contributed by atoms with Crippen LogP contribution in [0.3, 0.4) is 0 Å². The molecule has 1 saturated heterocycles. The van der Waals surface area contributed by atoms with E-state index in [-0.39, 0.29) is 0 Å². The molecule has 4 heteroatoms. The summed E-state index contributed by atoms with van der Waals surface area (Å²) in [4.78, 5) is 2.42. The number of rotatable bonds is 3. The summed E-state index contributed by atoms with van der Waals surface area (Å²) in [6, 6.07) is 18.4. The molecule has 1 saturated carbocycles. The van der Waals surface area contributed by atoms with Gasteiger partial charge in [-0.05, 0) is 78.7 Å². The van der Waals surface area contributed by atoms with Gasteiger partial charge in [0.05, 0.1) is 0 Å². The van der Waals surface area contributed by atoms with Crippen molar-refractivity contribution in [2.75, 3.05) is 11.9 Å². The van der Waals surface area contributed by atoms with Crippen molar-refractivity contribution >= 4 is 23.0 Å². The molecule has 0 aromatic heterocycles. The van der Waals surface area contributed by atoms with E-state index in [4.69, 9.17) is 17.0 Å². The third kappa shape index (κ3) is 4.11. The van der Waals surface area contributed by atoms with E-state index in [0.29, 0.717) is 16.9 Å². The summed E-state index contributed by atoms with van der Waals surface area (Å²) in [5.41, 5.74) is 1.79. The summed E-state index contributed by atoms with van der Waals surface area (Å²) in [5.74, 6) is 1.66. The zero-order valence-electron chi connectivity index (χ0n) is 16.4. The number of nitrogens with one attached hydrogen (secondary N) is 1. The molecule has 3 nitrogen and oxygen atoms in total. The average Bonchev–Trinajstić information content (AvgIpc) is 2.86. The second-order valence-electron chi connectivity index (χ2n) is 9.21. The number of thiocarbonyl (C=S) groups is 1. The lowest BCUT2D eigenvalue weighted by molar-refractivity contribution is 0.132. The van der Waals surface area contributed by atoms with Gasteiger partial charge in [-0.1, -0.05) is 39.0 Å². The number of fused-ring (bicyclic) bond motifs is 2. The van der Waals surface area contributed by atoms with Gasteiger partial charge in [-0.15, -0.1) is 0 Å². The average molecular weight is 381 g/mol. The highest BCUT2D eigenvalue weighted by molar-refractivity contribution is 7.80. The molecule has 0 amide bonds. The van der Waals surface area contributed by atoms with Gasteiger partial charge in [0.15, 0.2) is 5.11 Å². The maximum atomic E-state index is 5.86. The Balaban J connectivity index is 1.40. The smallest absolute Gasteiger partial charge is 0.173 e. The Kier molecular flexibility index (Phi) is 4.63. The van der Waals surface area contributed by atoms with E-state index in [0.717, 1.165) is 28.8 Å². The van der Waals surface area contributed by atoms with Crippen molar-refractivity contribution in [2.45, 2.75) is 46.1 Å². The highest BCUT2D eigenvalue weighted by atomic mass is 32.1. The summed E-state index contributed by atoms with van der Waals surface area (Å²) >= 11 is 5.77. The van der Waals surface area contributed by atoms with E-state index in [9.17, 15) is 0 Å². The fraction of sp³-hybridized carbons (Fsp3) is 0.435. The van der Waals surface area contributed by atoms with Gasteiger partial charge >= 0.3 is 0 Å². The molecule has 0 radical (unpaired) electrons. The molecule has 142 valence electrons. The van der Waals surface area contributed by atoms with Crippen molar-refractivity contribution in [3.63, 3.8) is 0 Å². The Morgan fingerprint density at radius 1 is 1.00 bits per heavy atom. The largest absolute Gasteiger partial charge is 0.457 e. The molecule has 0 spiro atoms. The molecule has 1 aliphatic carbocycles. The molecule has 4 rings (SSSR count). The maximum Gasteiger partial charge on any atom is 0.173 e. The minimum Gasteiger partial charge on any atom is -0.457 e. The Morgan fingerprint density at radius 2 is 1.67 bits per heavy atom. The predicted octanol–water partition coefficient (Wildman–Crippen LogP) is 6.08. The van der Waals surface area contributed by atoms with Gasteiger partial charge in [0, 0.05) is 18.3 Å². The van der Waals surface area contributed by atoms with Crippen LogP contribution in [0.4, 0.5) is 5.69 Å². The van der Waals surface area contributed by atoms with Crippen LogP contribution in [0.15, 0.2) is 54.6 Å². The molecule has 0 unspecified atom stereocenters. The van der Waals surface area contributed by atoms with Crippen molar-refractivity contribution in [2.24, 2.45) is 10.8 Å². The number of benzene rings is 2. The zero-order valence-corrected chi connectivity index (χ0v) is 17.2. The van der Waals surface area contributed by atoms with E-state index in [1.165, 1.54) is 19.3 Å². The molecule has 1 N–H and O–H groups in total. The third-order valence-corrected chi connectivity index (χ3v) is 6.10. The summed E-state index contributed by atoms with van der Waals surface area (Å²) in [6.07, 6.45) is 3.75. The van der Waals surface area contributed by atoms with Gasteiger partial charge in [-0.25, -0.2) is 0 Å². The minimum absolute atomic E-state index is 0.380. The van der Waals surface area contributed by atoms with Crippen LogP contribution in [0.1, 0.15) is 40.0 Å². The lowest BCUT2D eigenvalue weighted by atomic mass is 9.65. The second-order valence-corrected chi connectivity index (χ2v) is 9.60. The molecule has 1 heterocycles. The van der Waals surface area contributed by atoms with Crippen LogP contribution in [-0.2, 0) is 0 Å². The predicted molar refractivity (Wildman–Crippen MR) is 115 cm³/mol. The number of nitrogens with zero attached hydrogens (tertiary/aromatic N) is 1. The van der Waals surface area contributed by atoms with E-state index in [2.05, 4.69) is 31.0 Å². The van der Waals surface area contributed by atoms with Crippen molar-refractivity contribution in [1.82, 2.24) is 4.90 Å². The number of likely N-dealkylation sites (tertiary alicyclic amines) is 1. The molecule has 2 aromatic rings. The van der Waals surface area contributed by atoms with Gasteiger partial charge in [0.2, 0.25) is 0 Å². The van der Waals surface area contributed by atoms with Crippen LogP contribution in [0, 0.1) is 10.8 Å². The van der Waals surface area contributed by atoms with Gasteiger partial charge in [0.25, 0.3) is 0 Å². The Labute approximate surface area is 167 Å². The first-order valence-corrected chi connectivity index (χ1v) is 10.1. The normalized spacial score (nSPS) is 25.9. The molecule has 27 heavy (non-hydrogen) atoms. The second kappa shape index (κ2) is 6.83.